The van der Waals surface area contributed by atoms with Crippen LogP contribution >= 0.6 is 0 Å². The van der Waals surface area contributed by atoms with Gasteiger partial charge in [0.1, 0.15) is 18.1 Å². The lowest BCUT2D eigenvalue weighted by atomic mass is 9.96. The lowest BCUT2D eigenvalue weighted by molar-refractivity contribution is -0.126. The Bertz CT molecular complexity index is 879. The van der Waals surface area contributed by atoms with E-state index in [-0.39, 0.29) is 18.4 Å². The van der Waals surface area contributed by atoms with Crippen molar-refractivity contribution < 1.29 is 14.1 Å². The summed E-state index contributed by atoms with van der Waals surface area (Å²) in [5.74, 6) is 1.27. The minimum absolute atomic E-state index is 0.0907. The zero-order valence-corrected chi connectivity index (χ0v) is 13.4. The molecular formula is C18H16N4O3. The lowest BCUT2D eigenvalue weighted by Gasteiger charge is -2.24. The Labute approximate surface area is 144 Å². The third kappa shape index (κ3) is 3.35. The minimum atomic E-state index is -0.229. The summed E-state index contributed by atoms with van der Waals surface area (Å²) in [7, 11) is 0. The number of amides is 1. The molecule has 0 fully saturated rings. The van der Waals surface area contributed by atoms with Crippen molar-refractivity contribution in [3.8, 4) is 17.3 Å². The van der Waals surface area contributed by atoms with Crippen LogP contribution in [0.2, 0.25) is 0 Å². The molecule has 1 aliphatic rings. The standard InChI is InChI=1S/C18H16N4O3/c23-18(13-9-12-5-1-2-7-15(12)24-11-13)20-10-16-21-17(22-25-16)14-6-3-4-8-19-14/h1-8,13H,9-11H2,(H,20,23)/t13-/m1/s1. The predicted molar refractivity (Wildman–Crippen MR) is 88.5 cm³/mol. The van der Waals surface area contributed by atoms with Gasteiger partial charge < -0.3 is 14.6 Å². The number of para-hydroxylation sites is 1. The van der Waals surface area contributed by atoms with E-state index in [1.165, 1.54) is 0 Å². The number of carbonyl (C=O) groups excluding carboxylic acids is 1. The lowest BCUT2D eigenvalue weighted by Crippen LogP contribution is -2.37. The maximum atomic E-state index is 12.4. The SMILES string of the molecule is O=C(NCc1nc(-c2ccccn2)no1)[C@H]1COc2ccccc2C1. The quantitative estimate of drug-likeness (QED) is 0.784. The fourth-order valence-electron chi connectivity index (χ4n) is 2.73. The van der Waals surface area contributed by atoms with Crippen LogP contribution in [0.15, 0.2) is 53.2 Å². The van der Waals surface area contributed by atoms with E-state index in [9.17, 15) is 4.79 Å². The molecule has 0 saturated carbocycles. The summed E-state index contributed by atoms with van der Waals surface area (Å²) >= 11 is 0. The van der Waals surface area contributed by atoms with Gasteiger partial charge in [0, 0.05) is 6.20 Å². The maximum Gasteiger partial charge on any atom is 0.246 e. The van der Waals surface area contributed by atoms with Gasteiger partial charge in [-0.3, -0.25) is 9.78 Å². The van der Waals surface area contributed by atoms with E-state index < -0.39 is 0 Å². The number of nitrogens with zero attached hydrogens (tertiary/aromatic N) is 3. The first-order chi connectivity index (χ1) is 12.3. The molecular weight excluding hydrogens is 320 g/mol. The van der Waals surface area contributed by atoms with E-state index in [0.29, 0.717) is 30.4 Å². The number of nitrogens with one attached hydrogen (secondary N) is 1. The Kier molecular flexibility index (Phi) is 4.12. The summed E-state index contributed by atoms with van der Waals surface area (Å²) in [5.41, 5.74) is 1.67. The number of fused-ring (bicyclic) bond motifs is 1. The average molecular weight is 336 g/mol. The van der Waals surface area contributed by atoms with Crippen LogP contribution in [0.5, 0.6) is 5.75 Å². The molecule has 2 aromatic heterocycles. The molecule has 4 rings (SSSR count). The van der Waals surface area contributed by atoms with E-state index in [0.717, 1.165) is 11.3 Å². The van der Waals surface area contributed by atoms with E-state index in [2.05, 4.69) is 20.4 Å². The summed E-state index contributed by atoms with van der Waals surface area (Å²) < 4.78 is 10.8. The highest BCUT2D eigenvalue weighted by atomic mass is 16.5. The smallest absolute Gasteiger partial charge is 0.246 e. The van der Waals surface area contributed by atoms with Crippen LogP contribution in [0.1, 0.15) is 11.5 Å². The molecule has 0 radical (unpaired) electrons. The number of hydrogen-bond donors (Lipinski definition) is 1. The van der Waals surface area contributed by atoms with Crippen LogP contribution in [-0.4, -0.2) is 27.6 Å². The second-order valence-corrected chi connectivity index (χ2v) is 5.76. The van der Waals surface area contributed by atoms with Crippen molar-refractivity contribution in [3.63, 3.8) is 0 Å². The van der Waals surface area contributed by atoms with Crippen molar-refractivity contribution in [1.29, 1.82) is 0 Å². The van der Waals surface area contributed by atoms with Crippen LogP contribution in [0.4, 0.5) is 0 Å². The van der Waals surface area contributed by atoms with Crippen molar-refractivity contribution in [2.75, 3.05) is 6.61 Å². The van der Waals surface area contributed by atoms with Gasteiger partial charge in [0.15, 0.2) is 0 Å². The van der Waals surface area contributed by atoms with E-state index in [4.69, 9.17) is 9.26 Å². The molecule has 7 nitrogen and oxygen atoms in total. The van der Waals surface area contributed by atoms with Crippen LogP contribution in [-0.2, 0) is 17.8 Å². The number of carbonyl (C=O) groups is 1. The van der Waals surface area contributed by atoms with Gasteiger partial charge in [-0.25, -0.2) is 0 Å². The summed E-state index contributed by atoms with van der Waals surface area (Å²) in [6.07, 6.45) is 2.32. The molecule has 1 atom stereocenters. The van der Waals surface area contributed by atoms with Crippen molar-refractivity contribution in [1.82, 2.24) is 20.4 Å². The summed E-state index contributed by atoms with van der Waals surface area (Å²) in [5, 5.41) is 6.71. The zero-order chi connectivity index (χ0) is 17.1. The first-order valence-electron chi connectivity index (χ1n) is 8.02. The molecule has 0 unspecified atom stereocenters. The maximum absolute atomic E-state index is 12.4. The normalized spacial score (nSPS) is 15.9. The van der Waals surface area contributed by atoms with E-state index >= 15 is 0 Å². The summed E-state index contributed by atoms with van der Waals surface area (Å²) in [4.78, 5) is 20.8. The zero-order valence-electron chi connectivity index (χ0n) is 13.4. The number of aromatic nitrogens is 3. The van der Waals surface area contributed by atoms with E-state index in [1.54, 1.807) is 12.3 Å². The Hall–Kier alpha value is -3.22. The molecule has 126 valence electrons. The Balaban J connectivity index is 1.36. The topological polar surface area (TPSA) is 90.1 Å². The third-order valence-electron chi connectivity index (χ3n) is 4.03. The Morgan fingerprint density at radius 3 is 2.96 bits per heavy atom. The molecule has 0 bridgehead atoms. The summed E-state index contributed by atoms with van der Waals surface area (Å²) in [6.45, 7) is 0.544. The van der Waals surface area contributed by atoms with Gasteiger partial charge in [0.2, 0.25) is 17.6 Å². The van der Waals surface area contributed by atoms with Gasteiger partial charge >= 0.3 is 0 Å². The highest BCUT2D eigenvalue weighted by molar-refractivity contribution is 5.79. The third-order valence-corrected chi connectivity index (χ3v) is 4.03. The molecule has 0 spiro atoms. The van der Waals surface area contributed by atoms with Crippen LogP contribution in [0.3, 0.4) is 0 Å². The fourth-order valence-corrected chi connectivity index (χ4v) is 2.73. The monoisotopic (exact) mass is 336 g/mol. The second-order valence-electron chi connectivity index (χ2n) is 5.76. The van der Waals surface area contributed by atoms with Crippen molar-refractivity contribution in [2.24, 2.45) is 5.92 Å². The van der Waals surface area contributed by atoms with Gasteiger partial charge in [0.25, 0.3) is 0 Å². The fraction of sp³-hybridized carbons (Fsp3) is 0.222. The van der Waals surface area contributed by atoms with Gasteiger partial charge in [0.05, 0.1) is 12.5 Å². The number of ether oxygens (including phenoxy) is 1. The average Bonchev–Trinajstić information content (AvgIpc) is 3.15. The Morgan fingerprint density at radius 1 is 1.20 bits per heavy atom. The molecule has 1 amide bonds. The van der Waals surface area contributed by atoms with Gasteiger partial charge in [-0.15, -0.1) is 0 Å². The molecule has 3 aromatic rings. The largest absolute Gasteiger partial charge is 0.492 e. The van der Waals surface area contributed by atoms with Crippen molar-refractivity contribution in [3.05, 3.63) is 60.1 Å². The number of benzene rings is 1. The van der Waals surface area contributed by atoms with Crippen LogP contribution in [0.25, 0.3) is 11.5 Å². The van der Waals surface area contributed by atoms with E-state index in [1.807, 2.05) is 36.4 Å². The molecule has 25 heavy (non-hydrogen) atoms. The minimum Gasteiger partial charge on any atom is -0.492 e. The van der Waals surface area contributed by atoms with Crippen molar-refractivity contribution >= 4 is 5.91 Å². The first-order valence-corrected chi connectivity index (χ1v) is 8.02. The Morgan fingerprint density at radius 2 is 2.08 bits per heavy atom. The van der Waals surface area contributed by atoms with Crippen LogP contribution < -0.4 is 10.1 Å². The van der Waals surface area contributed by atoms with Gasteiger partial charge in [-0.05, 0) is 30.2 Å². The van der Waals surface area contributed by atoms with Crippen molar-refractivity contribution in [2.45, 2.75) is 13.0 Å². The van der Waals surface area contributed by atoms with Gasteiger partial charge in [-0.1, -0.05) is 29.4 Å². The highest BCUT2D eigenvalue weighted by Gasteiger charge is 2.26. The molecule has 3 heterocycles. The predicted octanol–water partition coefficient (Wildman–Crippen LogP) is 2.00. The van der Waals surface area contributed by atoms with Crippen LogP contribution in [0, 0.1) is 5.92 Å². The molecule has 1 aliphatic heterocycles. The number of hydrogen-bond acceptors (Lipinski definition) is 6. The highest BCUT2D eigenvalue weighted by Crippen LogP contribution is 2.26. The second kappa shape index (κ2) is 6.72. The summed E-state index contributed by atoms with van der Waals surface area (Å²) in [6, 6.07) is 13.2. The molecule has 1 N–H and O–H groups in total. The first kappa shape index (κ1) is 15.3. The van der Waals surface area contributed by atoms with Gasteiger partial charge in [-0.2, -0.15) is 4.98 Å². The molecule has 7 heteroatoms. The number of pyridine rings is 1. The molecule has 1 aromatic carbocycles. The number of rotatable bonds is 4. The molecule has 0 aliphatic carbocycles. The molecule has 0 saturated heterocycles.